The van der Waals surface area contributed by atoms with Crippen molar-refractivity contribution in [3.05, 3.63) is 34.1 Å². The number of carbonyl (C=O) groups excluding carboxylic acids is 1. The lowest BCUT2D eigenvalue weighted by molar-refractivity contribution is 0.0954. The zero-order valence-electron chi connectivity index (χ0n) is 7.44. The van der Waals surface area contributed by atoms with E-state index in [0.29, 0.717) is 0 Å². The predicted molar refractivity (Wildman–Crippen MR) is 61.9 cm³/mol. The number of hydrogen-bond donors (Lipinski definition) is 1. The van der Waals surface area contributed by atoms with E-state index < -0.39 is 16.6 Å². The molecule has 1 amide bonds. The Labute approximate surface area is 105 Å². The molecule has 0 heterocycles. The smallest absolute Gasteiger partial charge is 0.252 e. The first-order valence-corrected chi connectivity index (χ1v) is 5.69. The molecule has 2 nitrogen and oxygen atoms in total. The van der Waals surface area contributed by atoms with E-state index in [4.69, 9.17) is 23.2 Å². The fourth-order valence-electron chi connectivity index (χ4n) is 0.944. The van der Waals surface area contributed by atoms with Crippen molar-refractivity contribution in [3.8, 4) is 0 Å². The van der Waals surface area contributed by atoms with Crippen LogP contribution in [-0.4, -0.2) is 17.3 Å². The second kappa shape index (κ2) is 5.68. The molecular weight excluding hydrogens is 308 g/mol. The number of hydrogen-bond acceptors (Lipinski definition) is 1. The average Bonchev–Trinajstić information content (AvgIpc) is 2.18. The van der Waals surface area contributed by atoms with E-state index in [1.54, 1.807) is 0 Å². The maximum Gasteiger partial charge on any atom is 0.252 e. The maximum absolute atomic E-state index is 13.1. The molecule has 0 aliphatic heterocycles. The normalized spacial score (nSPS) is 10.5. The van der Waals surface area contributed by atoms with Gasteiger partial charge < -0.3 is 5.32 Å². The fraction of sp³-hybridized carbons (Fsp3) is 0.222. The Morgan fingerprint density at radius 3 is 2.80 bits per heavy atom. The van der Waals surface area contributed by atoms with Crippen LogP contribution in [0.25, 0.3) is 0 Å². The van der Waals surface area contributed by atoms with Gasteiger partial charge in [0, 0.05) is 6.54 Å². The quantitative estimate of drug-likeness (QED) is 0.853. The van der Waals surface area contributed by atoms with Crippen LogP contribution in [0.4, 0.5) is 4.39 Å². The molecule has 0 saturated heterocycles. The van der Waals surface area contributed by atoms with Crippen LogP contribution in [0.1, 0.15) is 10.4 Å². The third-order valence-electron chi connectivity index (χ3n) is 1.61. The molecule has 0 atom stereocenters. The highest BCUT2D eigenvalue weighted by molar-refractivity contribution is 9.10. The van der Waals surface area contributed by atoms with Crippen molar-refractivity contribution in [1.82, 2.24) is 5.32 Å². The van der Waals surface area contributed by atoms with E-state index in [-0.39, 0.29) is 16.6 Å². The number of benzene rings is 1. The largest absolute Gasteiger partial charge is 0.349 e. The van der Waals surface area contributed by atoms with Crippen LogP contribution in [0.15, 0.2) is 22.7 Å². The van der Waals surface area contributed by atoms with Crippen molar-refractivity contribution < 1.29 is 9.18 Å². The Kier molecular flexibility index (Phi) is 4.83. The number of amides is 1. The Balaban J connectivity index is 2.78. The molecule has 0 aliphatic carbocycles. The molecule has 0 saturated carbocycles. The van der Waals surface area contributed by atoms with E-state index in [0.717, 1.165) is 0 Å². The Morgan fingerprint density at radius 2 is 2.20 bits per heavy atom. The van der Waals surface area contributed by atoms with Crippen molar-refractivity contribution in [2.24, 2.45) is 0 Å². The third-order valence-corrected chi connectivity index (χ3v) is 2.73. The first-order chi connectivity index (χ1) is 7.02. The Morgan fingerprint density at radius 1 is 1.53 bits per heavy atom. The molecule has 1 N–H and O–H groups in total. The summed E-state index contributed by atoms with van der Waals surface area (Å²) in [5, 5.41) is 2.47. The van der Waals surface area contributed by atoms with E-state index in [1.165, 1.54) is 18.2 Å². The summed E-state index contributed by atoms with van der Waals surface area (Å²) in [7, 11) is 0. The lowest BCUT2D eigenvalue weighted by Gasteiger charge is -2.07. The molecule has 0 aliphatic rings. The highest BCUT2D eigenvalue weighted by Crippen LogP contribution is 2.20. The summed E-state index contributed by atoms with van der Waals surface area (Å²) in [4.78, 5) is 10.8. The molecule has 0 bridgehead atoms. The molecule has 0 fully saturated rings. The number of halogens is 4. The van der Waals surface area contributed by atoms with Crippen molar-refractivity contribution in [1.29, 1.82) is 0 Å². The minimum Gasteiger partial charge on any atom is -0.349 e. The van der Waals surface area contributed by atoms with Gasteiger partial charge in [-0.25, -0.2) is 4.39 Å². The van der Waals surface area contributed by atoms with Gasteiger partial charge in [-0.15, -0.1) is 23.2 Å². The SMILES string of the molecule is O=C(NCC(Cl)Cl)c1cccc(F)c1Br. The zero-order valence-corrected chi connectivity index (χ0v) is 10.5. The number of rotatable bonds is 3. The molecule has 0 aromatic heterocycles. The monoisotopic (exact) mass is 313 g/mol. The zero-order chi connectivity index (χ0) is 11.4. The summed E-state index contributed by atoms with van der Waals surface area (Å²) in [5.74, 6) is -0.913. The molecule has 0 spiro atoms. The van der Waals surface area contributed by atoms with Crippen LogP contribution in [0.3, 0.4) is 0 Å². The van der Waals surface area contributed by atoms with Gasteiger partial charge in [-0.1, -0.05) is 6.07 Å². The highest BCUT2D eigenvalue weighted by Gasteiger charge is 2.13. The van der Waals surface area contributed by atoms with E-state index in [9.17, 15) is 9.18 Å². The molecule has 6 heteroatoms. The average molecular weight is 315 g/mol. The van der Waals surface area contributed by atoms with Crippen molar-refractivity contribution in [2.75, 3.05) is 6.54 Å². The van der Waals surface area contributed by atoms with Gasteiger partial charge in [-0.2, -0.15) is 0 Å². The van der Waals surface area contributed by atoms with Crippen molar-refractivity contribution >= 4 is 45.0 Å². The van der Waals surface area contributed by atoms with Gasteiger partial charge in [0.1, 0.15) is 10.7 Å². The van der Waals surface area contributed by atoms with E-state index in [1.807, 2.05) is 0 Å². The third kappa shape index (κ3) is 3.63. The topological polar surface area (TPSA) is 29.1 Å². The van der Waals surface area contributed by atoms with Gasteiger partial charge in [-0.05, 0) is 28.1 Å². The van der Waals surface area contributed by atoms with Crippen LogP contribution in [0, 0.1) is 5.82 Å². The lowest BCUT2D eigenvalue weighted by atomic mass is 10.2. The van der Waals surface area contributed by atoms with Crippen LogP contribution in [-0.2, 0) is 0 Å². The van der Waals surface area contributed by atoms with Gasteiger partial charge in [0.05, 0.1) is 10.0 Å². The lowest BCUT2D eigenvalue weighted by Crippen LogP contribution is -2.28. The minimum absolute atomic E-state index is 0.116. The van der Waals surface area contributed by atoms with Crippen molar-refractivity contribution in [2.45, 2.75) is 4.84 Å². The summed E-state index contributed by atoms with van der Waals surface area (Å²) in [6, 6.07) is 4.21. The van der Waals surface area contributed by atoms with Crippen LogP contribution < -0.4 is 5.32 Å². The number of alkyl halides is 2. The second-order valence-corrected chi connectivity index (χ2v) is 4.77. The molecule has 15 heavy (non-hydrogen) atoms. The predicted octanol–water partition coefficient (Wildman–Crippen LogP) is 3.12. The number of carbonyl (C=O) groups is 1. The van der Waals surface area contributed by atoms with Crippen molar-refractivity contribution in [3.63, 3.8) is 0 Å². The molecule has 82 valence electrons. The molecular formula is C9H7BrCl2FNO. The molecule has 1 aromatic rings. The van der Waals surface area contributed by atoms with Gasteiger partial charge in [0.15, 0.2) is 0 Å². The fourth-order valence-corrected chi connectivity index (χ4v) is 1.54. The summed E-state index contributed by atoms with van der Waals surface area (Å²) < 4.78 is 13.2. The summed E-state index contributed by atoms with van der Waals surface area (Å²) in [6.07, 6.45) is 0. The molecule has 0 radical (unpaired) electrons. The van der Waals surface area contributed by atoms with Gasteiger partial charge >= 0.3 is 0 Å². The Hall–Kier alpha value is -0.320. The van der Waals surface area contributed by atoms with Crippen LogP contribution in [0.2, 0.25) is 0 Å². The summed E-state index contributed by atoms with van der Waals surface area (Å²) in [5.41, 5.74) is 0.212. The molecule has 0 unspecified atom stereocenters. The number of nitrogens with one attached hydrogen (secondary N) is 1. The van der Waals surface area contributed by atoms with Gasteiger partial charge in [0.25, 0.3) is 5.91 Å². The van der Waals surface area contributed by atoms with Crippen LogP contribution >= 0.6 is 39.1 Å². The van der Waals surface area contributed by atoms with Gasteiger partial charge in [-0.3, -0.25) is 4.79 Å². The summed E-state index contributed by atoms with van der Waals surface area (Å²) in [6.45, 7) is 0.116. The molecule has 1 aromatic carbocycles. The minimum atomic E-state index is -0.679. The van der Waals surface area contributed by atoms with Crippen LogP contribution in [0.5, 0.6) is 0 Å². The molecule has 1 rings (SSSR count). The Bertz CT molecular complexity index is 373. The highest BCUT2D eigenvalue weighted by atomic mass is 79.9. The maximum atomic E-state index is 13.1. The second-order valence-electron chi connectivity index (χ2n) is 2.70. The first-order valence-electron chi connectivity index (χ1n) is 4.02. The van der Waals surface area contributed by atoms with E-state index in [2.05, 4.69) is 21.2 Å². The first kappa shape index (κ1) is 12.7. The summed E-state index contributed by atoms with van der Waals surface area (Å²) >= 11 is 13.9. The van der Waals surface area contributed by atoms with Gasteiger partial charge in [0.2, 0.25) is 0 Å². The van der Waals surface area contributed by atoms with E-state index >= 15 is 0 Å². The standard InChI is InChI=1S/C9H7BrCl2FNO/c10-8-5(2-1-3-6(8)13)9(15)14-4-7(11)12/h1-3,7H,4H2,(H,14,15).